The van der Waals surface area contributed by atoms with E-state index in [9.17, 15) is 4.39 Å². The fourth-order valence-electron chi connectivity index (χ4n) is 1.58. The molecule has 2 nitrogen and oxygen atoms in total. The molecule has 0 fully saturated rings. The number of rotatable bonds is 2. The zero-order chi connectivity index (χ0) is 11.7. The van der Waals surface area contributed by atoms with E-state index in [1.54, 1.807) is 18.2 Å². The molecule has 2 rings (SSSR count). The number of nitrogens with two attached hydrogens (primary N) is 1. The van der Waals surface area contributed by atoms with Crippen LogP contribution in [0.5, 0.6) is 0 Å². The zero-order valence-corrected chi connectivity index (χ0v) is 10.0. The Kier molecular flexibility index (Phi) is 3.03. The van der Waals surface area contributed by atoms with Crippen LogP contribution >= 0.6 is 11.3 Å². The second-order valence-electron chi connectivity index (χ2n) is 3.74. The van der Waals surface area contributed by atoms with E-state index in [1.807, 2.05) is 13.8 Å². The van der Waals surface area contributed by atoms with Crippen molar-refractivity contribution in [2.75, 3.05) is 0 Å². The van der Waals surface area contributed by atoms with Crippen molar-refractivity contribution in [2.45, 2.75) is 19.9 Å². The first-order valence-electron chi connectivity index (χ1n) is 5.07. The van der Waals surface area contributed by atoms with E-state index in [0.29, 0.717) is 10.6 Å². The lowest BCUT2D eigenvalue weighted by Crippen LogP contribution is -2.03. The van der Waals surface area contributed by atoms with Crippen molar-refractivity contribution in [3.05, 3.63) is 40.7 Å². The highest BCUT2D eigenvalue weighted by atomic mass is 32.1. The van der Waals surface area contributed by atoms with E-state index < -0.39 is 0 Å². The van der Waals surface area contributed by atoms with Crippen LogP contribution in [-0.2, 0) is 0 Å². The molecule has 84 valence electrons. The molecule has 0 amide bonds. The maximum atomic E-state index is 13.6. The minimum Gasteiger partial charge on any atom is -0.323 e. The van der Waals surface area contributed by atoms with Gasteiger partial charge in [-0.1, -0.05) is 12.1 Å². The fraction of sp³-hybridized carbons (Fsp3) is 0.250. The highest BCUT2D eigenvalue weighted by molar-refractivity contribution is 7.15. The molecule has 1 aromatic carbocycles. The first-order valence-corrected chi connectivity index (χ1v) is 5.89. The lowest BCUT2D eigenvalue weighted by molar-refractivity contribution is 0.631. The molecule has 0 aliphatic carbocycles. The third-order valence-corrected chi connectivity index (χ3v) is 3.74. The van der Waals surface area contributed by atoms with Crippen LogP contribution in [0.3, 0.4) is 0 Å². The fourth-order valence-corrected chi connectivity index (χ4v) is 2.63. The van der Waals surface area contributed by atoms with E-state index in [4.69, 9.17) is 5.73 Å². The van der Waals surface area contributed by atoms with Crippen molar-refractivity contribution in [1.82, 2.24) is 4.98 Å². The van der Waals surface area contributed by atoms with E-state index in [1.165, 1.54) is 17.4 Å². The standard InChI is InChI=1S/C12H13FN2S/c1-7(14)11-8(2)15-12(16-11)9-5-3-4-6-10(9)13/h3-7H,14H2,1-2H3/t7-/m1/s1. The predicted octanol–water partition coefficient (Wildman–Crippen LogP) is 3.28. The molecule has 16 heavy (non-hydrogen) atoms. The van der Waals surface area contributed by atoms with Crippen molar-refractivity contribution in [3.63, 3.8) is 0 Å². The van der Waals surface area contributed by atoms with Crippen molar-refractivity contribution >= 4 is 11.3 Å². The van der Waals surface area contributed by atoms with Crippen LogP contribution in [0.15, 0.2) is 24.3 Å². The first-order chi connectivity index (χ1) is 7.59. The van der Waals surface area contributed by atoms with E-state index >= 15 is 0 Å². The summed E-state index contributed by atoms with van der Waals surface area (Å²) in [5.41, 5.74) is 7.25. The van der Waals surface area contributed by atoms with Gasteiger partial charge in [-0.15, -0.1) is 11.3 Å². The number of thiazole rings is 1. The van der Waals surface area contributed by atoms with Gasteiger partial charge >= 0.3 is 0 Å². The van der Waals surface area contributed by atoms with Gasteiger partial charge in [0.1, 0.15) is 10.8 Å². The molecule has 2 N–H and O–H groups in total. The topological polar surface area (TPSA) is 38.9 Å². The molecule has 0 spiro atoms. The molecule has 0 radical (unpaired) electrons. The largest absolute Gasteiger partial charge is 0.323 e. The van der Waals surface area contributed by atoms with Gasteiger partial charge < -0.3 is 5.73 Å². The summed E-state index contributed by atoms with van der Waals surface area (Å²) in [6, 6.07) is 6.60. The summed E-state index contributed by atoms with van der Waals surface area (Å²) >= 11 is 1.46. The average Bonchev–Trinajstić information content (AvgIpc) is 2.61. The Bertz CT molecular complexity index is 505. The van der Waals surface area contributed by atoms with Crippen LogP contribution in [0.4, 0.5) is 4.39 Å². The Morgan fingerprint density at radius 2 is 2.06 bits per heavy atom. The molecule has 4 heteroatoms. The second kappa shape index (κ2) is 4.31. The van der Waals surface area contributed by atoms with E-state index in [2.05, 4.69) is 4.98 Å². The van der Waals surface area contributed by atoms with Gasteiger partial charge in [0.15, 0.2) is 0 Å². The summed E-state index contributed by atoms with van der Waals surface area (Å²) < 4.78 is 13.6. The molecule has 0 aliphatic heterocycles. The Balaban J connectivity index is 2.50. The number of hydrogen-bond donors (Lipinski definition) is 1. The van der Waals surface area contributed by atoms with Crippen molar-refractivity contribution in [1.29, 1.82) is 0 Å². The summed E-state index contributed by atoms with van der Waals surface area (Å²) in [5.74, 6) is -0.243. The molecule has 0 aliphatic rings. The summed E-state index contributed by atoms with van der Waals surface area (Å²) in [6.07, 6.45) is 0. The molecule has 2 aromatic rings. The molecule has 0 bridgehead atoms. The van der Waals surface area contributed by atoms with Crippen LogP contribution in [0.1, 0.15) is 23.5 Å². The smallest absolute Gasteiger partial charge is 0.133 e. The molecule has 0 saturated heterocycles. The first kappa shape index (κ1) is 11.2. The van der Waals surface area contributed by atoms with Gasteiger partial charge in [-0.3, -0.25) is 0 Å². The van der Waals surface area contributed by atoms with E-state index in [-0.39, 0.29) is 11.9 Å². The number of nitrogens with zero attached hydrogens (tertiary/aromatic N) is 1. The van der Waals surface area contributed by atoms with Gasteiger partial charge in [0.25, 0.3) is 0 Å². The average molecular weight is 236 g/mol. The number of halogens is 1. The van der Waals surface area contributed by atoms with Gasteiger partial charge in [-0.2, -0.15) is 0 Å². The van der Waals surface area contributed by atoms with E-state index in [0.717, 1.165) is 10.6 Å². The van der Waals surface area contributed by atoms with Gasteiger partial charge in [0.2, 0.25) is 0 Å². The maximum absolute atomic E-state index is 13.6. The molecule has 1 heterocycles. The molecule has 1 aromatic heterocycles. The lowest BCUT2D eigenvalue weighted by atomic mass is 10.2. The predicted molar refractivity (Wildman–Crippen MR) is 64.8 cm³/mol. The van der Waals surface area contributed by atoms with Crippen LogP contribution in [0.2, 0.25) is 0 Å². The third kappa shape index (κ3) is 1.99. The summed E-state index contributed by atoms with van der Waals surface area (Å²) in [5, 5.41) is 0.697. The van der Waals surface area contributed by atoms with Gasteiger partial charge in [-0.25, -0.2) is 9.37 Å². The quantitative estimate of drug-likeness (QED) is 0.869. The van der Waals surface area contributed by atoms with Crippen molar-refractivity contribution in [2.24, 2.45) is 5.73 Å². The second-order valence-corrected chi connectivity index (χ2v) is 4.77. The van der Waals surface area contributed by atoms with Crippen LogP contribution in [0.25, 0.3) is 10.6 Å². The van der Waals surface area contributed by atoms with Gasteiger partial charge in [0.05, 0.1) is 5.69 Å². The number of hydrogen-bond acceptors (Lipinski definition) is 3. The lowest BCUT2D eigenvalue weighted by Gasteiger charge is -2.00. The number of benzene rings is 1. The Hall–Kier alpha value is -1.26. The highest BCUT2D eigenvalue weighted by Gasteiger charge is 2.14. The molecule has 0 saturated carbocycles. The summed E-state index contributed by atoms with van der Waals surface area (Å²) in [7, 11) is 0. The Morgan fingerprint density at radius 3 is 2.62 bits per heavy atom. The SMILES string of the molecule is Cc1nc(-c2ccccc2F)sc1[C@@H](C)N. The Morgan fingerprint density at radius 1 is 1.38 bits per heavy atom. The van der Waals surface area contributed by atoms with Crippen molar-refractivity contribution < 1.29 is 4.39 Å². The molecular weight excluding hydrogens is 223 g/mol. The zero-order valence-electron chi connectivity index (χ0n) is 9.20. The Labute approximate surface area is 97.9 Å². The third-order valence-electron chi connectivity index (χ3n) is 2.35. The minimum absolute atomic E-state index is 0.0574. The number of aryl methyl sites for hydroxylation is 1. The van der Waals surface area contributed by atoms with Gasteiger partial charge in [0, 0.05) is 16.5 Å². The normalized spacial score (nSPS) is 12.8. The van der Waals surface area contributed by atoms with Crippen LogP contribution in [0, 0.1) is 12.7 Å². The monoisotopic (exact) mass is 236 g/mol. The molecule has 0 unspecified atom stereocenters. The molecule has 1 atom stereocenters. The summed E-state index contributed by atoms with van der Waals surface area (Å²) in [6.45, 7) is 3.81. The van der Waals surface area contributed by atoms with Crippen molar-refractivity contribution in [3.8, 4) is 10.6 Å². The minimum atomic E-state index is -0.243. The number of aromatic nitrogens is 1. The van der Waals surface area contributed by atoms with Gasteiger partial charge in [-0.05, 0) is 26.0 Å². The van der Waals surface area contributed by atoms with Crippen LogP contribution < -0.4 is 5.73 Å². The molecular formula is C12H13FN2S. The maximum Gasteiger partial charge on any atom is 0.133 e. The van der Waals surface area contributed by atoms with Crippen LogP contribution in [-0.4, -0.2) is 4.98 Å². The summed E-state index contributed by atoms with van der Waals surface area (Å²) in [4.78, 5) is 5.37. The highest BCUT2D eigenvalue weighted by Crippen LogP contribution is 2.31.